The molecular weight excluding hydrogens is 256 g/mol. The lowest BCUT2D eigenvalue weighted by Gasteiger charge is -2.39. The van der Waals surface area contributed by atoms with Crippen molar-refractivity contribution < 1.29 is 14.7 Å². The molecule has 0 aromatic rings. The summed E-state index contributed by atoms with van der Waals surface area (Å²) in [4.78, 5) is 27.3. The molecule has 0 aliphatic carbocycles. The van der Waals surface area contributed by atoms with Crippen molar-refractivity contribution in [1.82, 2.24) is 9.80 Å². The Labute approximate surface area is 120 Å². The number of piperidine rings is 1. The van der Waals surface area contributed by atoms with Gasteiger partial charge in [0.25, 0.3) is 0 Å². The molecule has 5 nitrogen and oxygen atoms in total. The molecule has 0 aromatic carbocycles. The first kappa shape index (κ1) is 15.3. The van der Waals surface area contributed by atoms with E-state index in [0.717, 1.165) is 32.4 Å². The van der Waals surface area contributed by atoms with Gasteiger partial charge in [-0.25, -0.2) is 0 Å². The van der Waals surface area contributed by atoms with Crippen LogP contribution < -0.4 is 0 Å². The molecule has 2 rings (SSSR count). The molecule has 5 heteroatoms. The molecule has 0 spiro atoms. The molecule has 2 aliphatic rings. The number of aliphatic carboxylic acids is 1. The van der Waals surface area contributed by atoms with E-state index in [2.05, 4.69) is 18.7 Å². The molecule has 3 atom stereocenters. The average Bonchev–Trinajstić information content (AvgIpc) is 2.75. The summed E-state index contributed by atoms with van der Waals surface area (Å²) in [6.45, 7) is 6.30. The smallest absolute Gasteiger partial charge is 0.303 e. The van der Waals surface area contributed by atoms with Crippen molar-refractivity contribution in [2.24, 2.45) is 5.92 Å². The summed E-state index contributed by atoms with van der Waals surface area (Å²) in [5, 5.41) is 8.82. The lowest BCUT2D eigenvalue weighted by atomic mass is 9.97. The van der Waals surface area contributed by atoms with Crippen molar-refractivity contribution >= 4 is 11.9 Å². The van der Waals surface area contributed by atoms with Crippen molar-refractivity contribution in [3.8, 4) is 0 Å². The molecule has 3 unspecified atom stereocenters. The largest absolute Gasteiger partial charge is 0.481 e. The van der Waals surface area contributed by atoms with Gasteiger partial charge < -0.3 is 10.0 Å². The summed E-state index contributed by atoms with van der Waals surface area (Å²) < 4.78 is 0. The Kier molecular flexibility index (Phi) is 5.02. The Morgan fingerprint density at radius 2 is 1.80 bits per heavy atom. The molecule has 20 heavy (non-hydrogen) atoms. The normalized spacial score (nSPS) is 31.5. The number of nitrogens with zero attached hydrogens (tertiary/aromatic N) is 2. The summed E-state index contributed by atoms with van der Waals surface area (Å²) in [5.41, 5.74) is 0. The van der Waals surface area contributed by atoms with Gasteiger partial charge in [-0.2, -0.15) is 0 Å². The molecule has 0 radical (unpaired) electrons. The highest BCUT2D eigenvalue weighted by Crippen LogP contribution is 2.24. The van der Waals surface area contributed by atoms with Gasteiger partial charge in [0, 0.05) is 25.0 Å². The van der Waals surface area contributed by atoms with Gasteiger partial charge in [-0.15, -0.1) is 0 Å². The van der Waals surface area contributed by atoms with Gasteiger partial charge in [-0.1, -0.05) is 0 Å². The maximum Gasteiger partial charge on any atom is 0.303 e. The minimum Gasteiger partial charge on any atom is -0.481 e. The van der Waals surface area contributed by atoms with Gasteiger partial charge in [0.15, 0.2) is 0 Å². The first-order valence-electron chi connectivity index (χ1n) is 7.72. The maximum absolute atomic E-state index is 12.5. The Morgan fingerprint density at radius 1 is 1.15 bits per heavy atom. The van der Waals surface area contributed by atoms with E-state index in [0.29, 0.717) is 18.6 Å². The molecule has 0 saturated carbocycles. The van der Waals surface area contributed by atoms with E-state index in [1.54, 1.807) is 0 Å². The zero-order valence-corrected chi connectivity index (χ0v) is 12.5. The standard InChI is InChI=1S/C15H26N2O3/c1-11-4-3-5-12(2)17(11)14(18)10-16-7-6-13(9-16)8-15(19)20/h11-13H,3-10H2,1-2H3,(H,19,20). The van der Waals surface area contributed by atoms with Crippen LogP contribution >= 0.6 is 0 Å². The number of hydrogen-bond donors (Lipinski definition) is 1. The van der Waals surface area contributed by atoms with Gasteiger partial charge in [0.1, 0.15) is 0 Å². The van der Waals surface area contributed by atoms with Crippen LogP contribution in [0.25, 0.3) is 0 Å². The first-order valence-corrected chi connectivity index (χ1v) is 7.72. The van der Waals surface area contributed by atoms with Crippen molar-refractivity contribution in [2.75, 3.05) is 19.6 Å². The summed E-state index contributed by atoms with van der Waals surface area (Å²) >= 11 is 0. The number of carboxylic acid groups (broad SMARTS) is 1. The first-order chi connectivity index (χ1) is 9.47. The van der Waals surface area contributed by atoms with E-state index >= 15 is 0 Å². The van der Waals surface area contributed by atoms with Crippen LogP contribution in [0.2, 0.25) is 0 Å². The lowest BCUT2D eigenvalue weighted by Crippen LogP contribution is -2.50. The highest BCUT2D eigenvalue weighted by molar-refractivity contribution is 5.79. The van der Waals surface area contributed by atoms with E-state index < -0.39 is 5.97 Å². The van der Waals surface area contributed by atoms with Crippen LogP contribution in [-0.4, -0.2) is 58.5 Å². The molecule has 2 heterocycles. The molecule has 0 aromatic heterocycles. The molecular formula is C15H26N2O3. The summed E-state index contributed by atoms with van der Waals surface area (Å²) in [6, 6.07) is 0.673. The molecule has 1 N–H and O–H groups in total. The molecule has 1 amide bonds. The fraction of sp³-hybridized carbons (Fsp3) is 0.867. The van der Waals surface area contributed by atoms with Crippen molar-refractivity contribution in [1.29, 1.82) is 0 Å². The molecule has 0 bridgehead atoms. The summed E-state index contributed by atoms with van der Waals surface area (Å²) in [5.74, 6) is -0.321. The van der Waals surface area contributed by atoms with Gasteiger partial charge in [-0.3, -0.25) is 14.5 Å². The minimum atomic E-state index is -0.735. The van der Waals surface area contributed by atoms with Gasteiger partial charge in [-0.05, 0) is 52.0 Å². The molecule has 2 saturated heterocycles. The predicted octanol–water partition coefficient (Wildman–Crippen LogP) is 1.57. The molecule has 2 fully saturated rings. The number of hydrogen-bond acceptors (Lipinski definition) is 3. The van der Waals surface area contributed by atoms with Crippen LogP contribution in [-0.2, 0) is 9.59 Å². The number of likely N-dealkylation sites (tertiary alicyclic amines) is 2. The third kappa shape index (κ3) is 3.72. The number of amides is 1. The number of rotatable bonds is 4. The van der Waals surface area contributed by atoms with E-state index in [9.17, 15) is 9.59 Å². The van der Waals surface area contributed by atoms with Crippen LogP contribution in [0.4, 0.5) is 0 Å². The van der Waals surface area contributed by atoms with E-state index in [1.807, 2.05) is 4.90 Å². The fourth-order valence-corrected chi connectivity index (χ4v) is 3.66. The SMILES string of the molecule is CC1CCCC(C)N1C(=O)CN1CCC(CC(=O)O)C1. The Morgan fingerprint density at radius 3 is 2.40 bits per heavy atom. The highest BCUT2D eigenvalue weighted by Gasteiger charge is 2.32. The van der Waals surface area contributed by atoms with Gasteiger partial charge >= 0.3 is 5.97 Å². The second-order valence-electron chi connectivity index (χ2n) is 6.42. The van der Waals surface area contributed by atoms with E-state index in [1.165, 1.54) is 6.42 Å². The number of carbonyl (C=O) groups excluding carboxylic acids is 1. The maximum atomic E-state index is 12.5. The van der Waals surface area contributed by atoms with Gasteiger partial charge in [0.2, 0.25) is 5.91 Å². The Balaban J connectivity index is 1.84. The zero-order valence-electron chi connectivity index (χ0n) is 12.5. The van der Waals surface area contributed by atoms with Crippen LogP contribution in [0.5, 0.6) is 0 Å². The van der Waals surface area contributed by atoms with E-state index in [4.69, 9.17) is 5.11 Å². The van der Waals surface area contributed by atoms with Crippen molar-refractivity contribution in [2.45, 2.75) is 58.0 Å². The summed E-state index contributed by atoms with van der Waals surface area (Å²) in [7, 11) is 0. The number of carbonyl (C=O) groups is 2. The lowest BCUT2D eigenvalue weighted by molar-refractivity contribution is -0.138. The second-order valence-corrected chi connectivity index (χ2v) is 6.42. The van der Waals surface area contributed by atoms with E-state index in [-0.39, 0.29) is 18.2 Å². The van der Waals surface area contributed by atoms with Gasteiger partial charge in [0.05, 0.1) is 6.54 Å². The highest BCUT2D eigenvalue weighted by atomic mass is 16.4. The predicted molar refractivity (Wildman–Crippen MR) is 76.4 cm³/mol. The average molecular weight is 282 g/mol. The van der Waals surface area contributed by atoms with Crippen LogP contribution in [0.15, 0.2) is 0 Å². The zero-order chi connectivity index (χ0) is 14.7. The molecule has 114 valence electrons. The minimum absolute atomic E-state index is 0.205. The monoisotopic (exact) mass is 282 g/mol. The fourth-order valence-electron chi connectivity index (χ4n) is 3.66. The Bertz CT molecular complexity index is 362. The van der Waals surface area contributed by atoms with Crippen molar-refractivity contribution in [3.63, 3.8) is 0 Å². The quantitative estimate of drug-likeness (QED) is 0.850. The third-order valence-corrected chi connectivity index (χ3v) is 4.67. The molecule has 2 aliphatic heterocycles. The van der Waals surface area contributed by atoms with Crippen LogP contribution in [0.1, 0.15) is 46.0 Å². The summed E-state index contributed by atoms with van der Waals surface area (Å²) in [6.07, 6.45) is 4.51. The van der Waals surface area contributed by atoms with Crippen LogP contribution in [0, 0.1) is 5.92 Å². The van der Waals surface area contributed by atoms with Crippen LogP contribution in [0.3, 0.4) is 0 Å². The topological polar surface area (TPSA) is 60.9 Å². The second kappa shape index (κ2) is 6.57. The Hall–Kier alpha value is -1.10. The third-order valence-electron chi connectivity index (χ3n) is 4.67. The number of carboxylic acids is 1. The van der Waals surface area contributed by atoms with Crippen molar-refractivity contribution in [3.05, 3.63) is 0 Å².